The van der Waals surface area contributed by atoms with Gasteiger partial charge in [-0.3, -0.25) is 0 Å². The summed E-state index contributed by atoms with van der Waals surface area (Å²) >= 11 is 0. The molecule has 0 fully saturated rings. The van der Waals surface area contributed by atoms with Crippen molar-refractivity contribution in [1.29, 1.82) is 0 Å². The van der Waals surface area contributed by atoms with Gasteiger partial charge in [-0.05, 0) is 6.42 Å². The summed E-state index contributed by atoms with van der Waals surface area (Å²) in [7, 11) is 0. The minimum Gasteiger partial charge on any atom is -0.350 e. The zero-order valence-corrected chi connectivity index (χ0v) is 4.35. The maximum Gasteiger partial charge on any atom is 0.333 e. The number of rotatable bonds is 2. The summed E-state index contributed by atoms with van der Waals surface area (Å²) in [4.78, 5) is 9.81. The standard InChI is InChI=1S/C4H9N2O/c1-2-3-6-4(5)7/h2-3H2,1H3,(H2,5,7). The molecule has 3 heteroatoms. The molecule has 0 aromatic carbocycles. The van der Waals surface area contributed by atoms with Crippen LogP contribution >= 0.6 is 0 Å². The number of hydrogen-bond donors (Lipinski definition) is 1. The Balaban J connectivity index is 2.82. The number of amides is 2. The third-order valence-corrected chi connectivity index (χ3v) is 0.491. The average Bonchev–Trinajstić information content (AvgIpc) is 1.61. The van der Waals surface area contributed by atoms with Crippen LogP contribution in [0.1, 0.15) is 13.3 Å². The Kier molecular flexibility index (Phi) is 3.10. The van der Waals surface area contributed by atoms with Gasteiger partial charge in [-0.25, -0.2) is 10.1 Å². The van der Waals surface area contributed by atoms with Crippen molar-refractivity contribution in [2.45, 2.75) is 13.3 Å². The van der Waals surface area contributed by atoms with Crippen molar-refractivity contribution < 1.29 is 4.79 Å². The Morgan fingerprint density at radius 1 is 1.86 bits per heavy atom. The van der Waals surface area contributed by atoms with Gasteiger partial charge in [0, 0.05) is 6.54 Å². The normalized spacial score (nSPS) is 8.14. The summed E-state index contributed by atoms with van der Waals surface area (Å²) in [6.07, 6.45) is 0.878. The number of primary amides is 1. The van der Waals surface area contributed by atoms with E-state index in [1.807, 2.05) is 6.92 Å². The van der Waals surface area contributed by atoms with Crippen LogP contribution in [0.25, 0.3) is 0 Å². The minimum atomic E-state index is -0.568. The SMILES string of the molecule is CCC[N]C(N)=O. The first-order valence-electron chi connectivity index (χ1n) is 2.24. The summed E-state index contributed by atoms with van der Waals surface area (Å²) in [5.41, 5.74) is 4.67. The van der Waals surface area contributed by atoms with Crippen LogP contribution in [0, 0.1) is 0 Å². The molecule has 41 valence electrons. The zero-order valence-electron chi connectivity index (χ0n) is 4.35. The summed E-state index contributed by atoms with van der Waals surface area (Å²) in [6, 6.07) is -0.568. The molecule has 3 nitrogen and oxygen atoms in total. The third-order valence-electron chi connectivity index (χ3n) is 0.491. The molecule has 7 heavy (non-hydrogen) atoms. The van der Waals surface area contributed by atoms with E-state index in [2.05, 4.69) is 11.1 Å². The van der Waals surface area contributed by atoms with E-state index in [9.17, 15) is 4.79 Å². The van der Waals surface area contributed by atoms with Gasteiger partial charge < -0.3 is 5.73 Å². The molecule has 0 aliphatic rings. The van der Waals surface area contributed by atoms with E-state index >= 15 is 0 Å². The molecule has 1 radical (unpaired) electrons. The van der Waals surface area contributed by atoms with Gasteiger partial charge in [-0.2, -0.15) is 0 Å². The Morgan fingerprint density at radius 3 is 2.57 bits per heavy atom. The number of nitrogens with zero attached hydrogens (tertiary/aromatic N) is 1. The Bertz CT molecular complexity index is 62.7. The lowest BCUT2D eigenvalue weighted by molar-refractivity contribution is 0.248. The fourth-order valence-corrected chi connectivity index (χ4v) is 0.222. The van der Waals surface area contributed by atoms with E-state index < -0.39 is 6.03 Å². The molecular weight excluding hydrogens is 92.1 g/mol. The lowest BCUT2D eigenvalue weighted by Gasteiger charge is -1.88. The number of hydrogen-bond acceptors (Lipinski definition) is 1. The van der Waals surface area contributed by atoms with Gasteiger partial charge in [0.05, 0.1) is 0 Å². The number of nitrogens with two attached hydrogens (primary N) is 1. The molecule has 0 aromatic rings. The van der Waals surface area contributed by atoms with E-state index in [1.54, 1.807) is 0 Å². The first kappa shape index (κ1) is 6.27. The molecule has 0 aliphatic heterocycles. The highest BCUT2D eigenvalue weighted by atomic mass is 16.2. The maximum absolute atomic E-state index is 9.81. The minimum absolute atomic E-state index is 0.551. The summed E-state index contributed by atoms with van der Waals surface area (Å²) in [5, 5.41) is 3.38. The number of carbonyl (C=O) groups excluding carboxylic acids is 1. The highest BCUT2D eigenvalue weighted by Crippen LogP contribution is 1.69. The largest absolute Gasteiger partial charge is 0.350 e. The molecule has 2 N–H and O–H groups in total. The van der Waals surface area contributed by atoms with Gasteiger partial charge in [-0.15, -0.1) is 0 Å². The molecule has 0 rings (SSSR count). The molecule has 0 unspecified atom stereocenters. The van der Waals surface area contributed by atoms with E-state index in [0.717, 1.165) is 6.42 Å². The predicted molar refractivity (Wildman–Crippen MR) is 26.9 cm³/mol. The summed E-state index contributed by atoms with van der Waals surface area (Å²) < 4.78 is 0. The van der Waals surface area contributed by atoms with E-state index in [-0.39, 0.29) is 0 Å². The lowest BCUT2D eigenvalue weighted by Crippen LogP contribution is -2.22. The van der Waals surface area contributed by atoms with Crippen LogP contribution in [-0.4, -0.2) is 12.6 Å². The second kappa shape index (κ2) is 3.46. The van der Waals surface area contributed by atoms with Crippen molar-refractivity contribution in [2.75, 3.05) is 6.54 Å². The lowest BCUT2D eigenvalue weighted by atomic mass is 10.5. The average molecular weight is 101 g/mol. The third kappa shape index (κ3) is 5.27. The smallest absolute Gasteiger partial charge is 0.333 e. The van der Waals surface area contributed by atoms with Gasteiger partial charge >= 0.3 is 6.03 Å². The molecule has 0 atom stereocenters. The quantitative estimate of drug-likeness (QED) is 0.526. The molecular formula is C4H9N2O. The Morgan fingerprint density at radius 2 is 2.43 bits per heavy atom. The molecule has 0 saturated carbocycles. The van der Waals surface area contributed by atoms with Crippen molar-refractivity contribution in [3.63, 3.8) is 0 Å². The summed E-state index contributed by atoms with van der Waals surface area (Å²) in [5.74, 6) is 0. The van der Waals surface area contributed by atoms with Crippen molar-refractivity contribution >= 4 is 6.03 Å². The molecule has 0 saturated heterocycles. The van der Waals surface area contributed by atoms with Crippen molar-refractivity contribution in [1.82, 2.24) is 5.32 Å². The molecule has 0 aromatic heterocycles. The zero-order chi connectivity index (χ0) is 5.70. The van der Waals surface area contributed by atoms with E-state index in [4.69, 9.17) is 0 Å². The second-order valence-corrected chi connectivity index (χ2v) is 1.22. The van der Waals surface area contributed by atoms with Crippen LogP contribution in [0.2, 0.25) is 0 Å². The maximum atomic E-state index is 9.81. The van der Waals surface area contributed by atoms with Gasteiger partial charge in [0.15, 0.2) is 0 Å². The van der Waals surface area contributed by atoms with Crippen LogP contribution < -0.4 is 11.1 Å². The summed E-state index contributed by atoms with van der Waals surface area (Å²) in [6.45, 7) is 2.49. The monoisotopic (exact) mass is 101 g/mol. The van der Waals surface area contributed by atoms with Crippen LogP contribution in [-0.2, 0) is 0 Å². The van der Waals surface area contributed by atoms with Crippen LogP contribution in [0.4, 0.5) is 4.79 Å². The topological polar surface area (TPSA) is 57.2 Å². The molecule has 0 aliphatic carbocycles. The van der Waals surface area contributed by atoms with E-state index in [1.165, 1.54) is 0 Å². The Hall–Kier alpha value is -0.730. The number of carbonyl (C=O) groups is 1. The molecule has 0 heterocycles. The molecule has 0 spiro atoms. The van der Waals surface area contributed by atoms with Crippen LogP contribution in [0.5, 0.6) is 0 Å². The van der Waals surface area contributed by atoms with Crippen molar-refractivity contribution in [3.8, 4) is 0 Å². The fraction of sp³-hybridized carbons (Fsp3) is 0.750. The van der Waals surface area contributed by atoms with E-state index in [0.29, 0.717) is 6.54 Å². The van der Waals surface area contributed by atoms with Gasteiger partial charge in [0.2, 0.25) is 0 Å². The van der Waals surface area contributed by atoms with Crippen LogP contribution in [0.3, 0.4) is 0 Å². The number of urea groups is 1. The second-order valence-electron chi connectivity index (χ2n) is 1.22. The first-order chi connectivity index (χ1) is 3.27. The van der Waals surface area contributed by atoms with Gasteiger partial charge in [-0.1, -0.05) is 6.92 Å². The highest BCUT2D eigenvalue weighted by molar-refractivity contribution is 5.71. The van der Waals surface area contributed by atoms with Crippen LogP contribution in [0.15, 0.2) is 0 Å². The fourth-order valence-electron chi connectivity index (χ4n) is 0.222. The van der Waals surface area contributed by atoms with Crippen molar-refractivity contribution in [3.05, 3.63) is 0 Å². The predicted octanol–water partition coefficient (Wildman–Crippen LogP) is 0.0795. The van der Waals surface area contributed by atoms with Gasteiger partial charge in [0.1, 0.15) is 0 Å². The molecule has 0 bridgehead atoms. The Labute approximate surface area is 42.9 Å². The molecule has 2 amide bonds. The van der Waals surface area contributed by atoms with Crippen molar-refractivity contribution in [2.24, 2.45) is 5.73 Å². The first-order valence-corrected chi connectivity index (χ1v) is 2.24. The van der Waals surface area contributed by atoms with Gasteiger partial charge in [0.25, 0.3) is 0 Å². The highest BCUT2D eigenvalue weighted by Gasteiger charge is 1.87.